The molecule has 1 atom stereocenters. The van der Waals surface area contributed by atoms with Gasteiger partial charge in [-0.1, -0.05) is 73.3 Å². The zero-order valence-corrected chi connectivity index (χ0v) is 26.2. The van der Waals surface area contributed by atoms with Crippen LogP contribution in [0.2, 0.25) is 10.0 Å². The van der Waals surface area contributed by atoms with E-state index >= 15 is 0 Å². The molecular weight excluding hydrogens is 638 g/mol. The van der Waals surface area contributed by atoms with Crippen molar-refractivity contribution in [3.05, 3.63) is 94.0 Å². The van der Waals surface area contributed by atoms with Gasteiger partial charge in [0.1, 0.15) is 12.6 Å². The Labute approximate surface area is 265 Å². The van der Waals surface area contributed by atoms with Crippen molar-refractivity contribution in [2.75, 3.05) is 10.8 Å². The molecule has 1 saturated carbocycles. The first-order valence-electron chi connectivity index (χ1n) is 14.1. The molecule has 0 saturated heterocycles. The van der Waals surface area contributed by atoms with Gasteiger partial charge >= 0.3 is 6.18 Å². The van der Waals surface area contributed by atoms with Crippen LogP contribution in [-0.4, -0.2) is 43.8 Å². The Hall–Kier alpha value is -3.28. The molecule has 0 heterocycles. The molecule has 1 N–H and O–H groups in total. The summed E-state index contributed by atoms with van der Waals surface area (Å²) in [6.07, 6.45) is -1.01. The summed E-state index contributed by atoms with van der Waals surface area (Å²) in [7, 11) is -4.52. The van der Waals surface area contributed by atoms with Crippen molar-refractivity contribution in [1.29, 1.82) is 0 Å². The molecule has 0 spiro atoms. The standard InChI is InChI=1S/C31H32Cl2F3N3O4S/c1-2-28(30(41)37-23-10-6-7-11-23)38(19-21-15-16-26(32)27(33)17-21)29(40)20-39(44(42,43)25-13-4-3-5-14-25)24-12-8-9-22(18-24)31(34,35)36/h3-5,8-9,12-18,23,28H,2,6-7,10-11,19-20H2,1H3,(H,37,41). The lowest BCUT2D eigenvalue weighted by molar-refractivity contribution is -0.140. The normalized spacial score (nSPS) is 14.7. The van der Waals surface area contributed by atoms with Crippen LogP contribution in [0.3, 0.4) is 0 Å². The van der Waals surface area contributed by atoms with E-state index in [1.807, 2.05) is 0 Å². The third-order valence-corrected chi connectivity index (χ3v) is 10.0. The van der Waals surface area contributed by atoms with Gasteiger partial charge in [-0.2, -0.15) is 13.2 Å². The van der Waals surface area contributed by atoms with Gasteiger partial charge in [0, 0.05) is 12.6 Å². The van der Waals surface area contributed by atoms with E-state index in [0.717, 1.165) is 37.8 Å². The monoisotopic (exact) mass is 669 g/mol. The molecule has 0 radical (unpaired) electrons. The third kappa shape index (κ3) is 8.05. The summed E-state index contributed by atoms with van der Waals surface area (Å²) < 4.78 is 69.3. The maximum Gasteiger partial charge on any atom is 0.416 e. The number of alkyl halides is 3. The number of hydrogen-bond donors (Lipinski definition) is 1. The molecule has 3 aromatic rings. The molecule has 1 aliphatic carbocycles. The summed E-state index contributed by atoms with van der Waals surface area (Å²) in [4.78, 5) is 28.7. The van der Waals surface area contributed by atoms with E-state index in [4.69, 9.17) is 23.2 Å². The molecule has 1 unspecified atom stereocenters. The predicted molar refractivity (Wildman–Crippen MR) is 164 cm³/mol. The van der Waals surface area contributed by atoms with Gasteiger partial charge in [0.2, 0.25) is 11.8 Å². The van der Waals surface area contributed by atoms with Gasteiger partial charge in [-0.25, -0.2) is 8.42 Å². The van der Waals surface area contributed by atoms with Crippen molar-refractivity contribution in [2.45, 2.75) is 68.7 Å². The second-order valence-corrected chi connectivity index (χ2v) is 13.2. The summed E-state index contributed by atoms with van der Waals surface area (Å²) in [5.74, 6) is -1.19. The average Bonchev–Trinajstić information content (AvgIpc) is 3.50. The molecule has 236 valence electrons. The molecular formula is C31H32Cl2F3N3O4S. The maximum absolute atomic E-state index is 14.1. The second kappa shape index (κ2) is 14.2. The Morgan fingerprint density at radius 1 is 0.955 bits per heavy atom. The molecule has 44 heavy (non-hydrogen) atoms. The fourth-order valence-electron chi connectivity index (χ4n) is 5.21. The summed E-state index contributed by atoms with van der Waals surface area (Å²) in [6.45, 7) is 0.723. The molecule has 1 fully saturated rings. The van der Waals surface area contributed by atoms with E-state index in [1.165, 1.54) is 47.4 Å². The van der Waals surface area contributed by atoms with Crippen LogP contribution in [0.15, 0.2) is 77.7 Å². The number of carbonyl (C=O) groups excluding carboxylic acids is 2. The first kappa shape index (κ1) is 33.6. The van der Waals surface area contributed by atoms with Crippen molar-refractivity contribution in [1.82, 2.24) is 10.2 Å². The van der Waals surface area contributed by atoms with Gasteiger partial charge in [-0.05, 0) is 67.3 Å². The molecule has 1 aliphatic rings. The molecule has 0 aromatic heterocycles. The highest BCUT2D eigenvalue weighted by Crippen LogP contribution is 2.33. The van der Waals surface area contributed by atoms with Crippen molar-refractivity contribution in [2.24, 2.45) is 0 Å². The SMILES string of the molecule is CCC(C(=O)NC1CCCC1)N(Cc1ccc(Cl)c(Cl)c1)C(=O)CN(c1cccc(C(F)(F)F)c1)S(=O)(=O)c1ccccc1. The predicted octanol–water partition coefficient (Wildman–Crippen LogP) is 7.07. The number of halogens is 5. The topological polar surface area (TPSA) is 86.8 Å². The summed E-state index contributed by atoms with van der Waals surface area (Å²) in [5.41, 5.74) is -0.905. The lowest BCUT2D eigenvalue weighted by Gasteiger charge is -2.34. The van der Waals surface area contributed by atoms with E-state index in [-0.39, 0.29) is 39.6 Å². The Morgan fingerprint density at radius 3 is 2.25 bits per heavy atom. The van der Waals surface area contributed by atoms with E-state index < -0.39 is 46.2 Å². The quantitative estimate of drug-likeness (QED) is 0.237. The molecule has 3 aromatic carbocycles. The van der Waals surface area contributed by atoms with Crippen LogP contribution in [0.25, 0.3) is 0 Å². The highest BCUT2D eigenvalue weighted by molar-refractivity contribution is 7.92. The number of nitrogens with one attached hydrogen (secondary N) is 1. The Kier molecular flexibility index (Phi) is 10.9. The van der Waals surface area contributed by atoms with Gasteiger partial charge in [-0.15, -0.1) is 0 Å². The Balaban J connectivity index is 1.76. The number of rotatable bonds is 11. The van der Waals surface area contributed by atoms with Crippen LogP contribution in [0.5, 0.6) is 0 Å². The maximum atomic E-state index is 14.1. The molecule has 4 rings (SSSR count). The number of sulfonamides is 1. The number of anilines is 1. The summed E-state index contributed by atoms with van der Waals surface area (Å²) in [6, 6.07) is 14.5. The minimum Gasteiger partial charge on any atom is -0.352 e. The fraction of sp³-hybridized carbons (Fsp3) is 0.355. The van der Waals surface area contributed by atoms with Gasteiger partial charge < -0.3 is 10.2 Å². The second-order valence-electron chi connectivity index (χ2n) is 10.6. The minimum absolute atomic E-state index is 0.0430. The average molecular weight is 671 g/mol. The fourth-order valence-corrected chi connectivity index (χ4v) is 6.96. The number of carbonyl (C=O) groups is 2. The van der Waals surface area contributed by atoms with Gasteiger partial charge in [0.05, 0.1) is 26.2 Å². The van der Waals surface area contributed by atoms with E-state index in [2.05, 4.69) is 5.32 Å². The Bertz CT molecular complexity index is 1580. The zero-order chi connectivity index (χ0) is 32.1. The first-order chi connectivity index (χ1) is 20.8. The van der Waals surface area contributed by atoms with Crippen molar-refractivity contribution in [3.8, 4) is 0 Å². The van der Waals surface area contributed by atoms with Gasteiger partial charge in [0.25, 0.3) is 10.0 Å². The zero-order valence-electron chi connectivity index (χ0n) is 23.9. The van der Waals surface area contributed by atoms with Crippen LogP contribution in [0, 0.1) is 0 Å². The van der Waals surface area contributed by atoms with Crippen LogP contribution >= 0.6 is 23.2 Å². The van der Waals surface area contributed by atoms with Crippen molar-refractivity contribution < 1.29 is 31.2 Å². The molecule has 7 nitrogen and oxygen atoms in total. The smallest absolute Gasteiger partial charge is 0.352 e. The third-order valence-electron chi connectivity index (χ3n) is 7.50. The van der Waals surface area contributed by atoms with Crippen molar-refractivity contribution >= 4 is 50.7 Å². The van der Waals surface area contributed by atoms with Gasteiger partial charge in [-0.3, -0.25) is 13.9 Å². The van der Waals surface area contributed by atoms with E-state index in [1.54, 1.807) is 19.1 Å². The number of nitrogens with zero attached hydrogens (tertiary/aromatic N) is 2. The van der Waals surface area contributed by atoms with Crippen LogP contribution in [0.4, 0.5) is 18.9 Å². The Morgan fingerprint density at radius 2 is 1.64 bits per heavy atom. The highest BCUT2D eigenvalue weighted by atomic mass is 35.5. The van der Waals surface area contributed by atoms with E-state index in [0.29, 0.717) is 15.9 Å². The molecule has 2 amide bonds. The number of hydrogen-bond acceptors (Lipinski definition) is 4. The van der Waals surface area contributed by atoms with Crippen molar-refractivity contribution in [3.63, 3.8) is 0 Å². The van der Waals surface area contributed by atoms with Crippen LogP contribution in [-0.2, 0) is 32.3 Å². The largest absolute Gasteiger partial charge is 0.416 e. The number of benzene rings is 3. The molecule has 13 heteroatoms. The first-order valence-corrected chi connectivity index (χ1v) is 16.3. The summed E-state index contributed by atoms with van der Waals surface area (Å²) in [5, 5.41) is 3.50. The minimum atomic E-state index is -4.76. The lowest BCUT2D eigenvalue weighted by Crippen LogP contribution is -2.53. The highest BCUT2D eigenvalue weighted by Gasteiger charge is 2.36. The van der Waals surface area contributed by atoms with E-state index in [9.17, 15) is 31.2 Å². The lowest BCUT2D eigenvalue weighted by atomic mass is 10.1. The van der Waals surface area contributed by atoms with Crippen LogP contribution in [0.1, 0.15) is 50.2 Å². The van der Waals surface area contributed by atoms with Crippen LogP contribution < -0.4 is 9.62 Å². The summed E-state index contributed by atoms with van der Waals surface area (Å²) >= 11 is 12.3. The van der Waals surface area contributed by atoms with Gasteiger partial charge in [0.15, 0.2) is 0 Å². The molecule has 0 bridgehead atoms. The molecule has 0 aliphatic heterocycles. The number of amides is 2.